The van der Waals surface area contributed by atoms with Crippen LogP contribution in [0.5, 0.6) is 0 Å². The van der Waals surface area contributed by atoms with Crippen LogP contribution in [-0.4, -0.2) is 24.8 Å². The van der Waals surface area contributed by atoms with Gasteiger partial charge in [-0.2, -0.15) is 0 Å². The van der Waals surface area contributed by atoms with Gasteiger partial charge in [-0.05, 0) is 12.8 Å². The minimum atomic E-state index is -3.41. The molecule has 1 N–H and O–H groups in total. The molecule has 18 heavy (non-hydrogen) atoms. The van der Waals surface area contributed by atoms with Crippen LogP contribution in [0.2, 0.25) is 0 Å². The maximum atomic E-state index is 12.0. The first-order valence-corrected chi connectivity index (χ1v) is 9.18. The van der Waals surface area contributed by atoms with Crippen LogP contribution in [0.1, 0.15) is 31.7 Å². The third-order valence-electron chi connectivity index (χ3n) is 2.89. The van der Waals surface area contributed by atoms with Crippen molar-refractivity contribution in [3.8, 4) is 0 Å². The molecule has 0 aliphatic heterocycles. The summed E-state index contributed by atoms with van der Waals surface area (Å²) in [6.07, 6.45) is 3.48. The van der Waals surface area contributed by atoms with Gasteiger partial charge in [0.05, 0.1) is 11.2 Å². The Balaban J connectivity index is 2.62. The summed E-state index contributed by atoms with van der Waals surface area (Å²) in [5.41, 5.74) is 0. The Bertz CT molecular complexity index is 469. The quantitative estimate of drug-likeness (QED) is 0.765. The third-order valence-corrected chi connectivity index (χ3v) is 6.76. The fourth-order valence-electron chi connectivity index (χ4n) is 1.69. The summed E-state index contributed by atoms with van der Waals surface area (Å²) in [6, 6.07) is 0. The zero-order valence-electron chi connectivity index (χ0n) is 10.8. The van der Waals surface area contributed by atoms with E-state index in [0.29, 0.717) is 12.5 Å². The van der Waals surface area contributed by atoms with E-state index in [1.54, 1.807) is 6.92 Å². The second-order valence-corrected chi connectivity index (χ2v) is 8.55. The maximum absolute atomic E-state index is 12.0. The first-order valence-electron chi connectivity index (χ1n) is 5.96. The van der Waals surface area contributed by atoms with Crippen LogP contribution in [0, 0.1) is 12.8 Å². The van der Waals surface area contributed by atoms with Crippen LogP contribution < -0.4 is 4.72 Å². The Morgan fingerprint density at radius 3 is 2.50 bits per heavy atom. The molecule has 4 nitrogen and oxygen atoms in total. The topological polar surface area (TPSA) is 59.1 Å². The van der Waals surface area contributed by atoms with E-state index >= 15 is 0 Å². The van der Waals surface area contributed by atoms with Crippen LogP contribution in [0.25, 0.3) is 0 Å². The number of sulfonamides is 1. The van der Waals surface area contributed by atoms with E-state index in [0.717, 1.165) is 17.8 Å². The van der Waals surface area contributed by atoms with Gasteiger partial charge in [-0.3, -0.25) is 0 Å². The molecular formula is C11H19BrN2O2S2. The number of rotatable bonds is 7. The summed E-state index contributed by atoms with van der Waals surface area (Å²) in [6.45, 7) is 6.43. The van der Waals surface area contributed by atoms with Gasteiger partial charge in [-0.25, -0.2) is 18.1 Å². The SMILES string of the molecule is CCC(CC)C(Br)CNS(=O)(=O)c1cnc(C)s1. The molecule has 104 valence electrons. The minimum Gasteiger partial charge on any atom is -0.249 e. The highest BCUT2D eigenvalue weighted by Crippen LogP contribution is 2.21. The van der Waals surface area contributed by atoms with Crippen molar-refractivity contribution in [2.24, 2.45) is 5.92 Å². The lowest BCUT2D eigenvalue weighted by Gasteiger charge is -2.19. The van der Waals surface area contributed by atoms with Crippen LogP contribution in [-0.2, 0) is 10.0 Å². The van der Waals surface area contributed by atoms with Crippen LogP contribution in [0.15, 0.2) is 10.4 Å². The molecule has 0 saturated carbocycles. The lowest BCUT2D eigenvalue weighted by molar-refractivity contribution is 0.471. The van der Waals surface area contributed by atoms with Gasteiger partial charge in [-0.1, -0.05) is 42.6 Å². The number of halogens is 1. The molecule has 0 aromatic carbocycles. The molecule has 0 aliphatic carbocycles. The Hall–Kier alpha value is 0.0200. The van der Waals surface area contributed by atoms with Crippen molar-refractivity contribution in [2.45, 2.75) is 42.6 Å². The van der Waals surface area contributed by atoms with Gasteiger partial charge in [0, 0.05) is 11.4 Å². The first-order chi connectivity index (χ1) is 8.40. The normalized spacial score (nSPS) is 14.1. The highest BCUT2D eigenvalue weighted by Gasteiger charge is 2.21. The van der Waals surface area contributed by atoms with Gasteiger partial charge < -0.3 is 0 Å². The molecule has 1 aromatic heterocycles. The first kappa shape index (κ1) is 16.1. The molecular weight excluding hydrogens is 336 g/mol. The second-order valence-electron chi connectivity index (χ2n) is 4.14. The monoisotopic (exact) mass is 354 g/mol. The minimum absolute atomic E-state index is 0.163. The van der Waals surface area contributed by atoms with Gasteiger partial charge >= 0.3 is 0 Å². The van der Waals surface area contributed by atoms with Gasteiger partial charge in [-0.15, -0.1) is 11.3 Å². The Labute approximate surface area is 121 Å². The Kier molecular flexibility index (Phi) is 6.23. The van der Waals surface area contributed by atoms with Crippen molar-refractivity contribution in [3.05, 3.63) is 11.2 Å². The second kappa shape index (κ2) is 6.98. The van der Waals surface area contributed by atoms with E-state index in [4.69, 9.17) is 0 Å². The van der Waals surface area contributed by atoms with Crippen molar-refractivity contribution in [3.63, 3.8) is 0 Å². The summed E-state index contributed by atoms with van der Waals surface area (Å²) in [4.78, 5) is 4.13. The number of hydrogen-bond acceptors (Lipinski definition) is 4. The van der Waals surface area contributed by atoms with E-state index in [1.807, 2.05) is 0 Å². The molecule has 0 aliphatic rings. The smallest absolute Gasteiger partial charge is 0.249 e. The average Bonchev–Trinajstić information content (AvgIpc) is 2.76. The molecule has 0 fully saturated rings. The van der Waals surface area contributed by atoms with Gasteiger partial charge in [0.15, 0.2) is 4.21 Å². The van der Waals surface area contributed by atoms with E-state index in [9.17, 15) is 8.42 Å². The number of nitrogens with zero attached hydrogens (tertiary/aromatic N) is 1. The molecule has 0 bridgehead atoms. The van der Waals surface area contributed by atoms with Crippen molar-refractivity contribution in [1.82, 2.24) is 9.71 Å². The number of aromatic nitrogens is 1. The van der Waals surface area contributed by atoms with Crippen molar-refractivity contribution < 1.29 is 8.42 Å². The van der Waals surface area contributed by atoms with E-state index in [2.05, 4.69) is 39.5 Å². The number of nitrogens with one attached hydrogen (secondary N) is 1. The van der Waals surface area contributed by atoms with Gasteiger partial charge in [0.25, 0.3) is 10.0 Å². The fourth-order valence-corrected chi connectivity index (χ4v) is 5.03. The van der Waals surface area contributed by atoms with Crippen LogP contribution in [0.3, 0.4) is 0 Å². The van der Waals surface area contributed by atoms with Crippen molar-refractivity contribution in [1.29, 1.82) is 0 Å². The largest absolute Gasteiger partial charge is 0.251 e. The number of thiazole rings is 1. The molecule has 0 radical (unpaired) electrons. The van der Waals surface area contributed by atoms with E-state index in [1.165, 1.54) is 17.5 Å². The lowest BCUT2D eigenvalue weighted by atomic mass is 10.00. The summed E-state index contributed by atoms with van der Waals surface area (Å²) < 4.78 is 26.9. The molecule has 1 rings (SSSR count). The zero-order valence-corrected chi connectivity index (χ0v) is 14.0. The molecule has 7 heteroatoms. The van der Waals surface area contributed by atoms with Crippen molar-refractivity contribution in [2.75, 3.05) is 6.54 Å². The van der Waals surface area contributed by atoms with E-state index < -0.39 is 10.0 Å². The molecule has 1 atom stereocenters. The molecule has 0 spiro atoms. The summed E-state index contributed by atoms with van der Waals surface area (Å²) in [5.74, 6) is 0.482. The Morgan fingerprint density at radius 2 is 2.06 bits per heavy atom. The summed E-state index contributed by atoms with van der Waals surface area (Å²) >= 11 is 4.75. The van der Waals surface area contributed by atoms with Crippen LogP contribution in [0.4, 0.5) is 0 Å². The lowest BCUT2D eigenvalue weighted by Crippen LogP contribution is -2.32. The molecule has 0 amide bonds. The molecule has 0 saturated heterocycles. The number of hydrogen-bond donors (Lipinski definition) is 1. The highest BCUT2D eigenvalue weighted by molar-refractivity contribution is 9.09. The predicted octanol–water partition coefficient (Wildman–Crippen LogP) is 2.93. The fraction of sp³-hybridized carbons (Fsp3) is 0.727. The van der Waals surface area contributed by atoms with Gasteiger partial charge in [0.1, 0.15) is 0 Å². The molecule has 1 unspecified atom stereocenters. The highest BCUT2D eigenvalue weighted by atomic mass is 79.9. The maximum Gasteiger partial charge on any atom is 0.251 e. The van der Waals surface area contributed by atoms with E-state index in [-0.39, 0.29) is 9.04 Å². The van der Waals surface area contributed by atoms with Crippen LogP contribution >= 0.6 is 27.3 Å². The zero-order chi connectivity index (χ0) is 13.8. The standard InChI is InChI=1S/C11H19BrN2O2S2/c1-4-9(5-2)10(12)6-14-18(15,16)11-7-13-8(3)17-11/h7,9-10,14H,4-6H2,1-3H3. The van der Waals surface area contributed by atoms with Crippen molar-refractivity contribution >= 4 is 37.3 Å². The molecule has 1 aromatic rings. The van der Waals surface area contributed by atoms with Gasteiger partial charge in [0.2, 0.25) is 0 Å². The summed E-state index contributed by atoms with van der Waals surface area (Å²) in [7, 11) is -3.41. The Morgan fingerprint density at radius 1 is 1.44 bits per heavy atom. The number of aryl methyl sites for hydroxylation is 1. The average molecular weight is 355 g/mol. The third kappa shape index (κ3) is 4.29. The predicted molar refractivity (Wildman–Crippen MR) is 78.8 cm³/mol. The molecule has 1 heterocycles. The summed E-state index contributed by atoms with van der Waals surface area (Å²) in [5, 5.41) is 0.755. The number of alkyl halides is 1.